The quantitative estimate of drug-likeness (QED) is 0.277. The van der Waals surface area contributed by atoms with Gasteiger partial charge in [-0.2, -0.15) is 4.98 Å². The van der Waals surface area contributed by atoms with E-state index in [1.54, 1.807) is 18.2 Å². The molecule has 0 saturated heterocycles. The number of furan rings is 1. The third-order valence-corrected chi connectivity index (χ3v) is 4.75. The summed E-state index contributed by atoms with van der Waals surface area (Å²) in [5.74, 6) is 0.999. The summed E-state index contributed by atoms with van der Waals surface area (Å²) >= 11 is 1.40. The smallest absolute Gasteiger partial charge is 0.433 e. The molecular weight excluding hydrogens is 394 g/mol. The number of fused-ring (bicyclic) bond motifs is 3. The Morgan fingerprint density at radius 1 is 1.28 bits per heavy atom. The Balaban J connectivity index is 1.66. The lowest BCUT2D eigenvalue weighted by molar-refractivity contribution is -0.402. The van der Waals surface area contributed by atoms with Gasteiger partial charge in [-0.15, -0.1) is 16.8 Å². The van der Waals surface area contributed by atoms with Crippen LogP contribution in [0.15, 0.2) is 64.7 Å². The monoisotopic (exact) mass is 409 g/mol. The van der Waals surface area contributed by atoms with Crippen LogP contribution in [0, 0.1) is 10.1 Å². The van der Waals surface area contributed by atoms with E-state index < -0.39 is 11.2 Å². The van der Waals surface area contributed by atoms with Crippen LogP contribution >= 0.6 is 11.8 Å². The Labute approximate surface area is 169 Å². The molecule has 0 amide bonds. The van der Waals surface area contributed by atoms with Crippen LogP contribution in [0.1, 0.15) is 5.76 Å². The molecule has 1 aliphatic rings. The Morgan fingerprint density at radius 3 is 2.93 bits per heavy atom. The second-order valence-corrected chi connectivity index (χ2v) is 6.86. The van der Waals surface area contributed by atoms with Crippen LogP contribution in [-0.2, 0) is 0 Å². The fourth-order valence-electron chi connectivity index (χ4n) is 2.66. The maximum absolute atomic E-state index is 10.8. The minimum absolute atomic E-state index is 0.323. The molecule has 0 radical (unpaired) electrons. The predicted octanol–water partition coefficient (Wildman–Crippen LogP) is 4.16. The van der Waals surface area contributed by atoms with Gasteiger partial charge in [0.2, 0.25) is 11.0 Å². The van der Waals surface area contributed by atoms with E-state index >= 15 is 0 Å². The molecule has 29 heavy (non-hydrogen) atoms. The van der Waals surface area contributed by atoms with Gasteiger partial charge in [-0.25, -0.2) is 0 Å². The maximum atomic E-state index is 10.8. The zero-order chi connectivity index (χ0) is 20.2. The zero-order valence-electron chi connectivity index (χ0n) is 15.0. The number of nitrogens with zero attached hydrogens (tertiary/aromatic N) is 4. The Morgan fingerprint density at radius 2 is 2.14 bits per heavy atom. The number of hydrogen-bond acceptors (Lipinski definition) is 9. The highest BCUT2D eigenvalue weighted by atomic mass is 32.2. The number of aromatic nitrogens is 3. The lowest BCUT2D eigenvalue weighted by Gasteiger charge is -2.15. The first-order valence-electron chi connectivity index (χ1n) is 8.57. The van der Waals surface area contributed by atoms with Crippen molar-refractivity contribution in [2.75, 3.05) is 11.1 Å². The molecule has 0 spiro atoms. The number of para-hydroxylation sites is 1. The first-order chi connectivity index (χ1) is 14.1. The summed E-state index contributed by atoms with van der Waals surface area (Å²) in [5.41, 5.74) is 2.14. The molecule has 4 rings (SSSR count). The molecule has 9 nitrogen and oxygen atoms in total. The summed E-state index contributed by atoms with van der Waals surface area (Å²) in [4.78, 5) is 14.7. The van der Waals surface area contributed by atoms with E-state index in [1.165, 1.54) is 23.9 Å². The number of benzene rings is 1. The largest absolute Gasteiger partial charge is 0.448 e. The van der Waals surface area contributed by atoms with Crippen LogP contribution in [-0.4, -0.2) is 32.1 Å². The molecule has 1 aromatic carbocycles. The molecule has 0 unspecified atom stereocenters. The highest BCUT2D eigenvalue weighted by Gasteiger charge is 2.23. The Bertz CT molecular complexity index is 1100. The summed E-state index contributed by atoms with van der Waals surface area (Å²) in [7, 11) is 0. The van der Waals surface area contributed by atoms with Crippen molar-refractivity contribution in [2.24, 2.45) is 0 Å². The fraction of sp³-hybridized carbons (Fsp3) is 0.105. The normalized spacial score (nSPS) is 15.0. The molecule has 146 valence electrons. The Hall–Kier alpha value is -3.66. The van der Waals surface area contributed by atoms with Crippen molar-refractivity contribution in [1.82, 2.24) is 15.2 Å². The lowest BCUT2D eigenvalue weighted by atomic mass is 10.1. The first-order valence-corrected chi connectivity index (χ1v) is 9.56. The topological polar surface area (TPSA) is 116 Å². The minimum atomic E-state index is -0.601. The van der Waals surface area contributed by atoms with E-state index in [-0.39, 0.29) is 5.88 Å². The molecule has 10 heteroatoms. The molecule has 1 atom stereocenters. The van der Waals surface area contributed by atoms with Crippen LogP contribution in [0.4, 0.5) is 11.6 Å². The van der Waals surface area contributed by atoms with Crippen LogP contribution in [0.3, 0.4) is 0 Å². The van der Waals surface area contributed by atoms with Gasteiger partial charge in [-0.1, -0.05) is 36.0 Å². The molecule has 0 bridgehead atoms. The number of nitro groups is 1. The van der Waals surface area contributed by atoms with E-state index in [4.69, 9.17) is 9.15 Å². The third-order valence-electron chi connectivity index (χ3n) is 3.91. The first kappa shape index (κ1) is 18.7. The number of anilines is 1. The van der Waals surface area contributed by atoms with Crippen molar-refractivity contribution >= 4 is 29.4 Å². The molecule has 1 aliphatic heterocycles. The fourth-order valence-corrected chi connectivity index (χ4v) is 3.17. The average Bonchev–Trinajstić information content (AvgIpc) is 3.14. The van der Waals surface area contributed by atoms with E-state index in [0.717, 1.165) is 11.3 Å². The van der Waals surface area contributed by atoms with Crippen molar-refractivity contribution < 1.29 is 14.1 Å². The maximum Gasteiger partial charge on any atom is 0.433 e. The molecule has 0 fully saturated rings. The summed E-state index contributed by atoms with van der Waals surface area (Å²) in [6.07, 6.45) is 4.44. The summed E-state index contributed by atoms with van der Waals surface area (Å²) in [6.45, 7) is 3.69. The SMILES string of the molecule is C=CCSc1nnc2c(n1)O[C@@H](C=Cc1ccc([N+](=O)[O-])o1)Nc1ccccc1-2. The predicted molar refractivity (Wildman–Crippen MR) is 109 cm³/mol. The lowest BCUT2D eigenvalue weighted by Crippen LogP contribution is -2.23. The molecule has 0 aliphatic carbocycles. The Kier molecular flexibility index (Phi) is 5.25. The van der Waals surface area contributed by atoms with E-state index in [9.17, 15) is 10.1 Å². The van der Waals surface area contributed by atoms with E-state index in [1.807, 2.05) is 24.3 Å². The van der Waals surface area contributed by atoms with Gasteiger partial charge in [-0.3, -0.25) is 10.1 Å². The summed E-state index contributed by atoms with van der Waals surface area (Å²) in [5, 5.41) is 23.0. The van der Waals surface area contributed by atoms with Crippen LogP contribution < -0.4 is 10.1 Å². The highest BCUT2D eigenvalue weighted by molar-refractivity contribution is 7.99. The van der Waals surface area contributed by atoms with Crippen molar-refractivity contribution in [3.63, 3.8) is 0 Å². The third kappa shape index (κ3) is 4.11. The van der Waals surface area contributed by atoms with Crippen molar-refractivity contribution in [3.8, 4) is 17.1 Å². The number of rotatable bonds is 6. The average molecular weight is 409 g/mol. The van der Waals surface area contributed by atoms with Crippen LogP contribution in [0.2, 0.25) is 0 Å². The number of ether oxygens (including phenoxy) is 1. The molecule has 0 saturated carbocycles. The van der Waals surface area contributed by atoms with Gasteiger partial charge in [0.05, 0.1) is 6.07 Å². The van der Waals surface area contributed by atoms with Gasteiger partial charge in [-0.05, 0) is 24.3 Å². The number of hydrogen-bond donors (Lipinski definition) is 1. The van der Waals surface area contributed by atoms with Gasteiger partial charge in [0, 0.05) is 17.0 Å². The second-order valence-electron chi connectivity index (χ2n) is 5.87. The summed E-state index contributed by atoms with van der Waals surface area (Å²) in [6, 6.07) is 10.4. The van der Waals surface area contributed by atoms with Crippen molar-refractivity contribution in [2.45, 2.75) is 11.4 Å². The van der Waals surface area contributed by atoms with E-state index in [0.29, 0.717) is 28.2 Å². The van der Waals surface area contributed by atoms with Gasteiger partial charge in [0.25, 0.3) is 0 Å². The minimum Gasteiger partial charge on any atom is -0.448 e. The van der Waals surface area contributed by atoms with E-state index in [2.05, 4.69) is 27.1 Å². The van der Waals surface area contributed by atoms with Crippen LogP contribution in [0.25, 0.3) is 17.3 Å². The molecule has 3 aromatic rings. The molecule has 3 heterocycles. The van der Waals surface area contributed by atoms with Crippen molar-refractivity contribution in [1.29, 1.82) is 0 Å². The standard InChI is InChI=1S/C19H15N5O4S/c1-2-11-29-19-21-18-17(22-23-19)13-5-3-4-6-14(13)20-15(28-18)9-7-12-8-10-16(27-12)24(25)26/h2-10,15,20H,1,11H2/t15-/m0/s1. The van der Waals surface area contributed by atoms with Gasteiger partial charge >= 0.3 is 5.88 Å². The molecular formula is C19H15N5O4S. The van der Waals surface area contributed by atoms with Gasteiger partial charge in [0.15, 0.2) is 11.9 Å². The van der Waals surface area contributed by atoms with Gasteiger partial charge in [0.1, 0.15) is 10.7 Å². The zero-order valence-corrected chi connectivity index (χ0v) is 15.8. The molecule has 1 N–H and O–H groups in total. The van der Waals surface area contributed by atoms with Crippen molar-refractivity contribution in [3.05, 3.63) is 71.0 Å². The van der Waals surface area contributed by atoms with Gasteiger partial charge < -0.3 is 14.5 Å². The number of thioether (sulfide) groups is 1. The molecule has 2 aromatic heterocycles. The second kappa shape index (κ2) is 8.15. The summed E-state index contributed by atoms with van der Waals surface area (Å²) < 4.78 is 11.2. The number of nitrogens with one attached hydrogen (secondary N) is 1. The van der Waals surface area contributed by atoms with Crippen LogP contribution in [0.5, 0.6) is 5.88 Å². The highest BCUT2D eigenvalue weighted by Crippen LogP contribution is 2.36.